The molecule has 1 atom stereocenters. The molecule has 1 unspecified atom stereocenters. The summed E-state index contributed by atoms with van der Waals surface area (Å²) in [6, 6.07) is 9.30. The van der Waals surface area contributed by atoms with Gasteiger partial charge in [0.05, 0.1) is 0 Å². The van der Waals surface area contributed by atoms with Gasteiger partial charge in [-0.05, 0) is 55.8 Å². The summed E-state index contributed by atoms with van der Waals surface area (Å²) in [5.41, 5.74) is 1.42. The van der Waals surface area contributed by atoms with Gasteiger partial charge >= 0.3 is 0 Å². The number of likely N-dealkylation sites (N-methyl/N-ethyl adjacent to an activating group) is 1. The van der Waals surface area contributed by atoms with E-state index in [9.17, 15) is 0 Å². The van der Waals surface area contributed by atoms with Crippen LogP contribution in [0.2, 0.25) is 0 Å². The van der Waals surface area contributed by atoms with Gasteiger partial charge in [0.15, 0.2) is 0 Å². The highest BCUT2D eigenvalue weighted by molar-refractivity contribution is 9.10. The van der Waals surface area contributed by atoms with Crippen LogP contribution < -0.4 is 5.32 Å². The van der Waals surface area contributed by atoms with Crippen LogP contribution in [0.15, 0.2) is 28.7 Å². The van der Waals surface area contributed by atoms with Gasteiger partial charge in [-0.1, -0.05) is 35.0 Å². The monoisotopic (exact) mass is 325 g/mol. The molecule has 1 fully saturated rings. The Morgan fingerprint density at radius 1 is 1.26 bits per heavy atom. The molecule has 1 aliphatic rings. The molecule has 3 heteroatoms. The van der Waals surface area contributed by atoms with Gasteiger partial charge in [0.25, 0.3) is 0 Å². The maximum Gasteiger partial charge on any atom is 0.0468 e. The molecule has 0 aliphatic carbocycles. The van der Waals surface area contributed by atoms with Gasteiger partial charge in [0, 0.05) is 23.7 Å². The first-order chi connectivity index (χ1) is 9.28. The molecule has 2 nitrogen and oxygen atoms in total. The van der Waals surface area contributed by atoms with Gasteiger partial charge in [-0.2, -0.15) is 0 Å². The maximum absolute atomic E-state index is 5.45. The van der Waals surface area contributed by atoms with Crippen molar-refractivity contribution in [2.75, 3.05) is 19.8 Å². The first kappa shape index (κ1) is 15.0. The molecule has 1 aromatic carbocycles. The van der Waals surface area contributed by atoms with Crippen molar-refractivity contribution in [3.8, 4) is 0 Å². The van der Waals surface area contributed by atoms with Crippen LogP contribution in [0.25, 0.3) is 0 Å². The molecule has 19 heavy (non-hydrogen) atoms. The standard InChI is InChI=1S/C16H24BrNO/c1-2-18-16(12-14-7-9-19-10-8-14)11-13-3-5-15(17)6-4-13/h3-6,14,16,18H,2,7-12H2,1H3. The normalized spacial score (nSPS) is 18.4. The van der Waals surface area contributed by atoms with Crippen molar-refractivity contribution in [1.29, 1.82) is 0 Å². The van der Waals surface area contributed by atoms with Gasteiger partial charge in [-0.25, -0.2) is 0 Å². The molecule has 0 amide bonds. The predicted molar refractivity (Wildman–Crippen MR) is 83.5 cm³/mol. The predicted octanol–water partition coefficient (Wildman–Crippen LogP) is 3.79. The van der Waals surface area contributed by atoms with Crippen LogP contribution in [-0.2, 0) is 11.2 Å². The molecule has 1 aliphatic heterocycles. The van der Waals surface area contributed by atoms with Crippen LogP contribution in [0.3, 0.4) is 0 Å². The topological polar surface area (TPSA) is 21.3 Å². The van der Waals surface area contributed by atoms with E-state index in [0.29, 0.717) is 6.04 Å². The van der Waals surface area contributed by atoms with Crippen molar-refractivity contribution < 1.29 is 4.74 Å². The lowest BCUT2D eigenvalue weighted by atomic mass is 9.90. The van der Waals surface area contributed by atoms with Crippen molar-refractivity contribution in [1.82, 2.24) is 5.32 Å². The minimum Gasteiger partial charge on any atom is -0.381 e. The Kier molecular flexibility index (Phi) is 6.35. The Hall–Kier alpha value is -0.380. The minimum atomic E-state index is 0.592. The van der Waals surface area contributed by atoms with Crippen molar-refractivity contribution in [3.63, 3.8) is 0 Å². The summed E-state index contributed by atoms with van der Waals surface area (Å²) in [5, 5.41) is 3.64. The zero-order chi connectivity index (χ0) is 13.5. The molecule has 0 radical (unpaired) electrons. The first-order valence-corrected chi connectivity index (χ1v) is 8.12. The van der Waals surface area contributed by atoms with Gasteiger partial charge in [0.2, 0.25) is 0 Å². The summed E-state index contributed by atoms with van der Waals surface area (Å²) >= 11 is 3.49. The summed E-state index contributed by atoms with van der Waals surface area (Å²) in [6.45, 7) is 5.13. The fourth-order valence-corrected chi connectivity index (χ4v) is 3.08. The molecule has 2 rings (SSSR count). The molecular formula is C16H24BrNO. The number of rotatable bonds is 6. The van der Waals surface area contributed by atoms with Crippen molar-refractivity contribution >= 4 is 15.9 Å². The van der Waals surface area contributed by atoms with E-state index in [4.69, 9.17) is 4.74 Å². The van der Waals surface area contributed by atoms with Gasteiger partial charge < -0.3 is 10.1 Å². The zero-order valence-corrected chi connectivity index (χ0v) is 13.3. The van der Waals surface area contributed by atoms with Crippen LogP contribution in [0.4, 0.5) is 0 Å². The number of halogens is 1. The van der Waals surface area contributed by atoms with E-state index in [-0.39, 0.29) is 0 Å². The number of benzene rings is 1. The SMILES string of the molecule is CCNC(Cc1ccc(Br)cc1)CC1CCOCC1. The highest BCUT2D eigenvalue weighted by atomic mass is 79.9. The van der Waals surface area contributed by atoms with Crippen LogP contribution in [0.1, 0.15) is 31.7 Å². The molecule has 1 N–H and O–H groups in total. The molecule has 106 valence electrons. The zero-order valence-electron chi connectivity index (χ0n) is 11.7. The molecular weight excluding hydrogens is 302 g/mol. The lowest BCUT2D eigenvalue weighted by Crippen LogP contribution is -2.34. The Bertz CT molecular complexity index is 360. The summed E-state index contributed by atoms with van der Waals surface area (Å²) in [5.74, 6) is 0.827. The second-order valence-electron chi connectivity index (χ2n) is 5.38. The second kappa shape index (κ2) is 8.03. The number of hydrogen-bond acceptors (Lipinski definition) is 2. The highest BCUT2D eigenvalue weighted by Gasteiger charge is 2.19. The van der Waals surface area contributed by atoms with Gasteiger partial charge in [-0.3, -0.25) is 0 Å². The van der Waals surface area contributed by atoms with Crippen molar-refractivity contribution in [2.45, 2.75) is 38.6 Å². The summed E-state index contributed by atoms with van der Waals surface area (Å²) in [6.07, 6.45) is 4.84. The smallest absolute Gasteiger partial charge is 0.0468 e. The minimum absolute atomic E-state index is 0.592. The third kappa shape index (κ3) is 5.25. The number of hydrogen-bond donors (Lipinski definition) is 1. The van der Waals surface area contributed by atoms with E-state index in [2.05, 4.69) is 52.4 Å². The van der Waals surface area contributed by atoms with E-state index < -0.39 is 0 Å². The third-order valence-electron chi connectivity index (χ3n) is 3.85. The fraction of sp³-hybridized carbons (Fsp3) is 0.625. The fourth-order valence-electron chi connectivity index (χ4n) is 2.82. The van der Waals surface area contributed by atoms with E-state index in [1.54, 1.807) is 0 Å². The Balaban J connectivity index is 1.89. The lowest BCUT2D eigenvalue weighted by Gasteiger charge is -2.27. The van der Waals surface area contributed by atoms with E-state index >= 15 is 0 Å². The van der Waals surface area contributed by atoms with Gasteiger partial charge in [-0.15, -0.1) is 0 Å². The first-order valence-electron chi connectivity index (χ1n) is 7.33. The maximum atomic E-state index is 5.45. The molecule has 1 heterocycles. The second-order valence-corrected chi connectivity index (χ2v) is 6.29. The lowest BCUT2D eigenvalue weighted by molar-refractivity contribution is 0.0606. The van der Waals surface area contributed by atoms with Gasteiger partial charge in [0.1, 0.15) is 0 Å². The van der Waals surface area contributed by atoms with Crippen LogP contribution in [0, 0.1) is 5.92 Å². The molecule has 0 saturated carbocycles. The van der Waals surface area contributed by atoms with Crippen molar-refractivity contribution in [2.24, 2.45) is 5.92 Å². The number of ether oxygens (including phenoxy) is 1. The van der Waals surface area contributed by atoms with E-state index in [0.717, 1.165) is 36.6 Å². The molecule has 0 bridgehead atoms. The average Bonchev–Trinajstić information content (AvgIpc) is 2.43. The molecule has 1 aromatic rings. The van der Waals surface area contributed by atoms with E-state index in [1.165, 1.54) is 24.8 Å². The quantitative estimate of drug-likeness (QED) is 0.859. The summed E-state index contributed by atoms with van der Waals surface area (Å²) in [7, 11) is 0. The highest BCUT2D eigenvalue weighted by Crippen LogP contribution is 2.22. The van der Waals surface area contributed by atoms with Crippen LogP contribution >= 0.6 is 15.9 Å². The molecule has 1 saturated heterocycles. The third-order valence-corrected chi connectivity index (χ3v) is 4.38. The van der Waals surface area contributed by atoms with Crippen LogP contribution in [-0.4, -0.2) is 25.8 Å². The van der Waals surface area contributed by atoms with E-state index in [1.807, 2.05) is 0 Å². The van der Waals surface area contributed by atoms with Crippen molar-refractivity contribution in [3.05, 3.63) is 34.3 Å². The Labute approximate surface area is 125 Å². The van der Waals surface area contributed by atoms with Crippen LogP contribution in [0.5, 0.6) is 0 Å². The Morgan fingerprint density at radius 2 is 1.95 bits per heavy atom. The Morgan fingerprint density at radius 3 is 2.58 bits per heavy atom. The summed E-state index contributed by atoms with van der Waals surface area (Å²) < 4.78 is 6.60. The molecule has 0 spiro atoms. The average molecular weight is 326 g/mol. The largest absolute Gasteiger partial charge is 0.381 e. The summed E-state index contributed by atoms with van der Waals surface area (Å²) in [4.78, 5) is 0. The molecule has 0 aromatic heterocycles. The number of nitrogens with one attached hydrogen (secondary N) is 1.